The number of nitrogen functional groups attached to an aromatic ring is 1. The molecule has 92 valence electrons. The fraction of sp³-hybridized carbons (Fsp3) is 0.462. The quantitative estimate of drug-likeness (QED) is 0.642. The minimum atomic E-state index is 0.577. The zero-order valence-electron chi connectivity index (χ0n) is 10.5. The van der Waals surface area contributed by atoms with Crippen LogP contribution in [0.2, 0.25) is 0 Å². The molecule has 0 spiro atoms. The van der Waals surface area contributed by atoms with Crippen LogP contribution in [0.1, 0.15) is 27.2 Å². The molecule has 0 aliphatic carbocycles. The van der Waals surface area contributed by atoms with Crippen LogP contribution in [-0.2, 0) is 0 Å². The second-order valence-corrected chi connectivity index (χ2v) is 6.30. The maximum Gasteiger partial charge on any atom is 0.166 e. The average Bonchev–Trinajstić information content (AvgIpc) is 2.57. The topological polar surface area (TPSA) is 54.7 Å². The van der Waals surface area contributed by atoms with Crippen LogP contribution >= 0.6 is 11.8 Å². The molecule has 1 atom stereocenters. The Balaban J connectivity index is 2.14. The summed E-state index contributed by atoms with van der Waals surface area (Å²) >= 11 is 1.80. The van der Waals surface area contributed by atoms with Crippen LogP contribution in [0.4, 0.5) is 5.69 Å². The Morgan fingerprint density at radius 2 is 2.12 bits per heavy atom. The number of anilines is 1. The largest absolute Gasteiger partial charge is 0.399 e. The highest BCUT2D eigenvalue weighted by atomic mass is 32.2. The Kier molecular flexibility index (Phi) is 3.62. The lowest BCUT2D eigenvalue weighted by Crippen LogP contribution is -2.01. The summed E-state index contributed by atoms with van der Waals surface area (Å²) < 4.78 is 0. The van der Waals surface area contributed by atoms with E-state index in [0.29, 0.717) is 5.25 Å². The van der Waals surface area contributed by atoms with Crippen molar-refractivity contribution in [1.82, 2.24) is 9.97 Å². The zero-order valence-corrected chi connectivity index (χ0v) is 11.3. The lowest BCUT2D eigenvalue weighted by molar-refractivity contribution is 0.584. The number of benzene rings is 1. The van der Waals surface area contributed by atoms with Crippen molar-refractivity contribution >= 4 is 28.5 Å². The number of fused-ring (bicyclic) bond motifs is 1. The van der Waals surface area contributed by atoms with Crippen molar-refractivity contribution in [2.24, 2.45) is 5.92 Å². The number of rotatable bonds is 4. The van der Waals surface area contributed by atoms with E-state index in [0.717, 1.165) is 27.8 Å². The molecule has 4 heteroatoms. The number of hydrogen-bond donors (Lipinski definition) is 2. The molecule has 1 aromatic carbocycles. The van der Waals surface area contributed by atoms with Crippen molar-refractivity contribution < 1.29 is 0 Å². The van der Waals surface area contributed by atoms with E-state index in [2.05, 4.69) is 30.7 Å². The van der Waals surface area contributed by atoms with Crippen LogP contribution in [0.15, 0.2) is 23.4 Å². The summed E-state index contributed by atoms with van der Waals surface area (Å²) in [5, 5.41) is 1.56. The van der Waals surface area contributed by atoms with E-state index in [4.69, 9.17) is 5.73 Å². The lowest BCUT2D eigenvalue weighted by atomic mass is 10.1. The molecular formula is C13H19N3S. The molecule has 17 heavy (non-hydrogen) atoms. The summed E-state index contributed by atoms with van der Waals surface area (Å²) in [6, 6.07) is 5.77. The first-order valence-electron chi connectivity index (χ1n) is 5.96. The van der Waals surface area contributed by atoms with Gasteiger partial charge in [-0.05, 0) is 30.5 Å². The minimum absolute atomic E-state index is 0.577. The van der Waals surface area contributed by atoms with Gasteiger partial charge in [-0.25, -0.2) is 4.98 Å². The van der Waals surface area contributed by atoms with Crippen molar-refractivity contribution in [3.05, 3.63) is 18.2 Å². The van der Waals surface area contributed by atoms with Crippen LogP contribution in [-0.4, -0.2) is 15.2 Å². The molecule has 0 saturated heterocycles. The van der Waals surface area contributed by atoms with E-state index in [9.17, 15) is 0 Å². The van der Waals surface area contributed by atoms with Gasteiger partial charge in [-0.1, -0.05) is 32.5 Å². The molecule has 1 aromatic heterocycles. The summed E-state index contributed by atoms with van der Waals surface area (Å²) in [6.07, 6.45) is 1.20. The van der Waals surface area contributed by atoms with E-state index in [-0.39, 0.29) is 0 Å². The molecule has 0 bridgehead atoms. The second-order valence-electron chi connectivity index (χ2n) is 4.88. The third-order valence-electron chi connectivity index (χ3n) is 2.60. The number of nitrogens with zero attached hydrogens (tertiary/aromatic N) is 1. The van der Waals surface area contributed by atoms with Gasteiger partial charge in [0.05, 0.1) is 11.0 Å². The number of thioether (sulfide) groups is 1. The molecule has 3 nitrogen and oxygen atoms in total. The number of H-pyrrole nitrogens is 1. The van der Waals surface area contributed by atoms with Gasteiger partial charge in [0, 0.05) is 10.9 Å². The van der Waals surface area contributed by atoms with E-state index >= 15 is 0 Å². The molecule has 1 heterocycles. The Bertz CT molecular complexity index is 504. The van der Waals surface area contributed by atoms with E-state index in [1.807, 2.05) is 18.2 Å². The SMILES string of the molecule is CC(C)CC(C)Sc1nc2ccc(N)cc2[nH]1. The summed E-state index contributed by atoms with van der Waals surface area (Å²) in [5.41, 5.74) is 8.52. The molecule has 1 unspecified atom stereocenters. The van der Waals surface area contributed by atoms with Gasteiger partial charge >= 0.3 is 0 Å². The summed E-state index contributed by atoms with van der Waals surface area (Å²) in [5.74, 6) is 0.720. The zero-order chi connectivity index (χ0) is 12.4. The molecule has 0 saturated carbocycles. The van der Waals surface area contributed by atoms with Gasteiger partial charge in [0.2, 0.25) is 0 Å². The van der Waals surface area contributed by atoms with E-state index in [1.54, 1.807) is 11.8 Å². The summed E-state index contributed by atoms with van der Waals surface area (Å²) in [6.45, 7) is 6.74. The first kappa shape index (κ1) is 12.3. The van der Waals surface area contributed by atoms with Gasteiger partial charge in [0.15, 0.2) is 5.16 Å². The lowest BCUT2D eigenvalue weighted by Gasteiger charge is -2.11. The van der Waals surface area contributed by atoms with Gasteiger partial charge in [-0.3, -0.25) is 0 Å². The van der Waals surface area contributed by atoms with Crippen molar-refractivity contribution in [2.75, 3.05) is 5.73 Å². The van der Waals surface area contributed by atoms with E-state index in [1.165, 1.54) is 6.42 Å². The number of imidazole rings is 1. The maximum atomic E-state index is 5.75. The summed E-state index contributed by atoms with van der Waals surface area (Å²) in [4.78, 5) is 7.87. The van der Waals surface area contributed by atoms with Crippen LogP contribution < -0.4 is 5.73 Å². The van der Waals surface area contributed by atoms with E-state index < -0.39 is 0 Å². The third kappa shape index (κ3) is 3.16. The number of aromatic amines is 1. The first-order chi connectivity index (χ1) is 8.04. The predicted molar refractivity (Wildman–Crippen MR) is 75.3 cm³/mol. The Labute approximate surface area is 106 Å². The number of nitrogens with two attached hydrogens (primary N) is 1. The van der Waals surface area contributed by atoms with Crippen LogP contribution in [0, 0.1) is 5.92 Å². The predicted octanol–water partition coefficient (Wildman–Crippen LogP) is 3.67. The molecule has 2 aromatic rings. The maximum absolute atomic E-state index is 5.75. The van der Waals surface area contributed by atoms with Gasteiger partial charge < -0.3 is 10.7 Å². The van der Waals surface area contributed by atoms with Crippen LogP contribution in [0.25, 0.3) is 11.0 Å². The molecule has 0 aliphatic heterocycles. The fourth-order valence-corrected chi connectivity index (χ4v) is 3.14. The normalized spacial score (nSPS) is 13.4. The molecular weight excluding hydrogens is 230 g/mol. The van der Waals surface area contributed by atoms with Crippen LogP contribution in [0.3, 0.4) is 0 Å². The van der Waals surface area contributed by atoms with Gasteiger partial charge in [-0.2, -0.15) is 0 Å². The molecule has 3 N–H and O–H groups in total. The molecule has 0 amide bonds. The molecule has 2 rings (SSSR count). The first-order valence-corrected chi connectivity index (χ1v) is 6.84. The highest BCUT2D eigenvalue weighted by molar-refractivity contribution is 7.99. The Morgan fingerprint density at radius 3 is 2.82 bits per heavy atom. The van der Waals surface area contributed by atoms with Crippen molar-refractivity contribution in [3.8, 4) is 0 Å². The smallest absolute Gasteiger partial charge is 0.166 e. The minimum Gasteiger partial charge on any atom is -0.399 e. The fourth-order valence-electron chi connectivity index (χ4n) is 1.96. The average molecular weight is 249 g/mol. The van der Waals surface area contributed by atoms with Gasteiger partial charge in [-0.15, -0.1) is 0 Å². The monoisotopic (exact) mass is 249 g/mol. The standard InChI is InChI=1S/C13H19N3S/c1-8(2)6-9(3)17-13-15-11-5-4-10(14)7-12(11)16-13/h4-5,7-9H,6,14H2,1-3H3,(H,15,16). The van der Waals surface area contributed by atoms with Gasteiger partial charge in [0.1, 0.15) is 0 Å². The van der Waals surface area contributed by atoms with Crippen molar-refractivity contribution in [1.29, 1.82) is 0 Å². The number of nitrogens with one attached hydrogen (secondary N) is 1. The second kappa shape index (κ2) is 5.00. The van der Waals surface area contributed by atoms with Gasteiger partial charge in [0.25, 0.3) is 0 Å². The van der Waals surface area contributed by atoms with Crippen molar-refractivity contribution in [3.63, 3.8) is 0 Å². The number of hydrogen-bond acceptors (Lipinski definition) is 3. The van der Waals surface area contributed by atoms with Crippen LogP contribution in [0.5, 0.6) is 0 Å². The molecule has 0 radical (unpaired) electrons. The molecule has 0 fully saturated rings. The molecule has 0 aliphatic rings. The highest BCUT2D eigenvalue weighted by Gasteiger charge is 2.10. The summed E-state index contributed by atoms with van der Waals surface area (Å²) in [7, 11) is 0. The number of aromatic nitrogens is 2. The third-order valence-corrected chi connectivity index (χ3v) is 3.61. The Hall–Kier alpha value is -1.16. The highest BCUT2D eigenvalue weighted by Crippen LogP contribution is 2.27. The Morgan fingerprint density at radius 1 is 1.35 bits per heavy atom. The van der Waals surface area contributed by atoms with Crippen molar-refractivity contribution in [2.45, 2.75) is 37.6 Å².